The minimum absolute atomic E-state index is 0.0343. The van der Waals surface area contributed by atoms with Crippen molar-refractivity contribution in [2.24, 2.45) is 0 Å². The van der Waals surface area contributed by atoms with Crippen LogP contribution in [0.4, 0.5) is 14.3 Å². The molecule has 0 saturated heterocycles. The molecule has 0 radical (unpaired) electrons. The normalized spacial score (nSPS) is 19.4. The van der Waals surface area contributed by atoms with Crippen LogP contribution < -0.4 is 9.55 Å². The summed E-state index contributed by atoms with van der Waals surface area (Å²) in [6, 6.07) is 19.1. The molecule has 3 aromatic rings. The molecule has 3 nitrogen and oxygen atoms in total. The third kappa shape index (κ3) is 3.18. The average Bonchev–Trinajstić information content (AvgIpc) is 2.76. The van der Waals surface area contributed by atoms with Gasteiger partial charge >= 0.3 is 7.11 Å². The van der Waals surface area contributed by atoms with Gasteiger partial charge in [-0.15, -0.1) is 0 Å². The third-order valence-corrected chi connectivity index (χ3v) is 5.54. The molecule has 0 saturated carbocycles. The molecular formula is C24H20BF2NO2. The van der Waals surface area contributed by atoms with E-state index in [2.05, 4.69) is 30.0 Å². The second-order valence-electron chi connectivity index (χ2n) is 7.37. The molecule has 2 aliphatic rings. The van der Waals surface area contributed by atoms with E-state index in [4.69, 9.17) is 9.00 Å². The lowest BCUT2D eigenvalue weighted by Gasteiger charge is -2.28. The lowest BCUT2D eigenvalue weighted by Crippen LogP contribution is -2.35. The standard InChI is InChI=1S/C24H20BF2NO2/c1-2-28-16-15-18(19-8-5-6-10-22(19)28)12-14-23-21-13-11-17-7-3-4-9-20(17)24(21)30-25(26,27)29-23/h3-16,18H,2H2,1H3. The maximum atomic E-state index is 14.3. The summed E-state index contributed by atoms with van der Waals surface area (Å²) in [7, 11) is -4.44. The van der Waals surface area contributed by atoms with E-state index in [0.29, 0.717) is 10.9 Å². The van der Waals surface area contributed by atoms with Crippen molar-refractivity contribution in [2.75, 3.05) is 11.4 Å². The van der Waals surface area contributed by atoms with E-state index in [-0.39, 0.29) is 17.5 Å². The van der Waals surface area contributed by atoms with E-state index in [1.807, 2.05) is 48.7 Å². The number of ketones is 1. The van der Waals surface area contributed by atoms with Crippen molar-refractivity contribution in [2.45, 2.75) is 12.8 Å². The van der Waals surface area contributed by atoms with E-state index >= 15 is 0 Å². The quantitative estimate of drug-likeness (QED) is 0.303. The average molecular weight is 403 g/mol. The zero-order chi connectivity index (χ0) is 20.7. The van der Waals surface area contributed by atoms with E-state index in [9.17, 15) is 8.63 Å². The monoisotopic (exact) mass is 403 g/mol. The van der Waals surface area contributed by atoms with Gasteiger partial charge in [-0.25, -0.2) is 0 Å². The van der Waals surface area contributed by atoms with Crippen LogP contribution in [0.3, 0.4) is 0 Å². The Balaban J connectivity index is 1.56. The first-order valence-corrected chi connectivity index (χ1v) is 10.0. The number of hydrogen-bond acceptors (Lipinski definition) is 2. The number of anilines is 1. The van der Waals surface area contributed by atoms with Crippen LogP contribution in [0.15, 0.2) is 85.1 Å². The molecular weight excluding hydrogens is 383 g/mol. The lowest BCUT2D eigenvalue weighted by molar-refractivity contribution is -0.180. The third-order valence-electron chi connectivity index (χ3n) is 5.54. The summed E-state index contributed by atoms with van der Waals surface area (Å²) >= 11 is 0. The SMILES string of the molecule is CCN1C=CC(C=CC2=[O+][B-](F)(F)Oc3c2ccc2ccccc32)c2ccccc21. The highest BCUT2D eigenvalue weighted by atomic mass is 19.3. The van der Waals surface area contributed by atoms with Crippen molar-refractivity contribution < 1.29 is 17.6 Å². The Hall–Kier alpha value is -3.41. The molecule has 0 aromatic heterocycles. The van der Waals surface area contributed by atoms with Gasteiger partial charge in [-0.05, 0) is 30.0 Å². The molecule has 30 heavy (non-hydrogen) atoms. The zero-order valence-corrected chi connectivity index (χ0v) is 16.5. The lowest BCUT2D eigenvalue weighted by atomic mass is 9.92. The number of halogens is 2. The fraction of sp³-hybridized carbons (Fsp3) is 0.125. The molecule has 0 aliphatic carbocycles. The number of benzene rings is 3. The van der Waals surface area contributed by atoms with Gasteiger partial charge in [-0.1, -0.05) is 60.7 Å². The van der Waals surface area contributed by atoms with Gasteiger partial charge in [0.2, 0.25) is 0 Å². The number of para-hydroxylation sites is 1. The molecule has 0 fully saturated rings. The first-order chi connectivity index (χ1) is 14.6. The van der Waals surface area contributed by atoms with Crippen molar-refractivity contribution in [1.82, 2.24) is 0 Å². The molecule has 1 unspecified atom stereocenters. The predicted octanol–water partition coefficient (Wildman–Crippen LogP) is 6.02. The second-order valence-corrected chi connectivity index (χ2v) is 7.37. The van der Waals surface area contributed by atoms with Crippen LogP contribution >= 0.6 is 0 Å². The minimum atomic E-state index is -4.44. The summed E-state index contributed by atoms with van der Waals surface area (Å²) in [5.41, 5.74) is 2.78. The second kappa shape index (κ2) is 7.13. The predicted molar refractivity (Wildman–Crippen MR) is 117 cm³/mol. The van der Waals surface area contributed by atoms with Crippen molar-refractivity contribution in [1.29, 1.82) is 0 Å². The van der Waals surface area contributed by atoms with Gasteiger partial charge in [0.15, 0.2) is 0 Å². The number of hydrogen-bond donors (Lipinski definition) is 0. The number of nitrogens with zero attached hydrogens (tertiary/aromatic N) is 1. The summed E-state index contributed by atoms with van der Waals surface area (Å²) < 4.78 is 38.6. The smallest absolute Gasteiger partial charge is 0.568 e. The first-order valence-electron chi connectivity index (χ1n) is 10.0. The van der Waals surface area contributed by atoms with Crippen LogP contribution in [0.5, 0.6) is 5.75 Å². The van der Waals surface area contributed by atoms with Crippen molar-refractivity contribution in [3.63, 3.8) is 0 Å². The Morgan fingerprint density at radius 1 is 1.07 bits per heavy atom. The Morgan fingerprint density at radius 2 is 1.87 bits per heavy atom. The van der Waals surface area contributed by atoms with Crippen molar-refractivity contribution in [3.8, 4) is 5.75 Å². The van der Waals surface area contributed by atoms with Crippen molar-refractivity contribution >= 4 is 29.3 Å². The summed E-state index contributed by atoms with van der Waals surface area (Å²) in [6.07, 6.45) is 7.63. The molecule has 0 amide bonds. The van der Waals surface area contributed by atoms with Gasteiger partial charge in [0.25, 0.3) is 5.78 Å². The van der Waals surface area contributed by atoms with Crippen LogP contribution in [0.1, 0.15) is 28.3 Å². The summed E-state index contributed by atoms with van der Waals surface area (Å²) in [5, 5.41) is 1.49. The van der Waals surface area contributed by atoms with Crippen LogP contribution in [-0.4, -0.2) is 19.4 Å². The molecule has 2 heterocycles. The van der Waals surface area contributed by atoms with Crippen LogP contribution in [0.25, 0.3) is 10.8 Å². The Kier molecular flexibility index (Phi) is 4.42. The maximum absolute atomic E-state index is 14.3. The topological polar surface area (TPSA) is 23.8 Å². The Labute approximate surface area is 173 Å². The van der Waals surface area contributed by atoms with Crippen LogP contribution in [-0.2, 0) is 0 Å². The summed E-state index contributed by atoms with van der Waals surface area (Å²) in [5.74, 6) is 0.254. The van der Waals surface area contributed by atoms with Gasteiger partial charge in [0, 0.05) is 35.8 Å². The van der Waals surface area contributed by atoms with Gasteiger partial charge < -0.3 is 22.5 Å². The largest absolute Gasteiger partial charge is 0.995 e. The maximum Gasteiger partial charge on any atom is 0.995 e. The molecule has 150 valence electrons. The van der Waals surface area contributed by atoms with Gasteiger partial charge in [0.05, 0.1) is 0 Å². The number of carbonyl (C=O) groups excluding carboxylic acids is 1. The van der Waals surface area contributed by atoms with Crippen LogP contribution in [0, 0.1) is 0 Å². The molecule has 0 bridgehead atoms. The van der Waals surface area contributed by atoms with E-state index in [0.717, 1.165) is 23.2 Å². The Bertz CT molecular complexity index is 1220. The number of rotatable bonds is 3. The fourth-order valence-electron chi connectivity index (χ4n) is 4.11. The Morgan fingerprint density at radius 3 is 2.73 bits per heavy atom. The van der Waals surface area contributed by atoms with E-state index < -0.39 is 7.11 Å². The molecule has 0 spiro atoms. The molecule has 2 aliphatic heterocycles. The summed E-state index contributed by atoms with van der Waals surface area (Å²) in [6.45, 7) is 2.95. The summed E-state index contributed by atoms with van der Waals surface area (Å²) in [4.78, 5) is 2.16. The first kappa shape index (κ1) is 18.6. The van der Waals surface area contributed by atoms with Gasteiger partial charge in [-0.2, -0.15) is 0 Å². The van der Waals surface area contributed by atoms with E-state index in [1.165, 1.54) is 0 Å². The zero-order valence-electron chi connectivity index (χ0n) is 16.5. The highest BCUT2D eigenvalue weighted by Gasteiger charge is 2.54. The van der Waals surface area contributed by atoms with Gasteiger partial charge in [-0.3, -0.25) is 0 Å². The van der Waals surface area contributed by atoms with Gasteiger partial charge in [0.1, 0.15) is 11.3 Å². The molecule has 3 aromatic carbocycles. The van der Waals surface area contributed by atoms with Crippen molar-refractivity contribution in [3.05, 3.63) is 96.2 Å². The molecule has 0 N–H and O–H groups in total. The highest BCUT2D eigenvalue weighted by Crippen LogP contribution is 2.38. The van der Waals surface area contributed by atoms with Crippen LogP contribution in [0.2, 0.25) is 0 Å². The number of fused-ring (bicyclic) bond motifs is 4. The number of allylic oxidation sites excluding steroid dienone is 3. The molecule has 5 rings (SSSR count). The fourth-order valence-corrected chi connectivity index (χ4v) is 4.11. The van der Waals surface area contributed by atoms with E-state index in [1.54, 1.807) is 18.2 Å². The highest BCUT2D eigenvalue weighted by molar-refractivity contribution is 6.52. The molecule has 6 heteroatoms. The minimum Gasteiger partial charge on any atom is -0.568 e. The molecule has 1 atom stereocenters.